The van der Waals surface area contributed by atoms with Crippen molar-refractivity contribution < 1.29 is 9.18 Å². The van der Waals surface area contributed by atoms with Gasteiger partial charge in [-0.3, -0.25) is 9.69 Å². The second kappa shape index (κ2) is 8.05. The number of rotatable bonds is 3. The Morgan fingerprint density at radius 3 is 2.40 bits per heavy atom. The second-order valence-corrected chi connectivity index (χ2v) is 6.88. The van der Waals surface area contributed by atoms with Gasteiger partial charge in [0.2, 0.25) is 11.9 Å². The van der Waals surface area contributed by atoms with Crippen molar-refractivity contribution in [2.24, 2.45) is 0 Å². The number of hydrogen-bond donors (Lipinski definition) is 0. The van der Waals surface area contributed by atoms with Crippen LogP contribution in [0.4, 0.5) is 10.3 Å². The Kier molecular flexibility index (Phi) is 5.80. The third kappa shape index (κ3) is 4.43. The largest absolute Gasteiger partial charge is 0.340 e. The van der Waals surface area contributed by atoms with Crippen LogP contribution in [0.25, 0.3) is 0 Å². The molecule has 8 heteroatoms. The normalized spacial score (nSPS) is 21.9. The van der Waals surface area contributed by atoms with Crippen molar-refractivity contribution in [2.75, 3.05) is 64.3 Å². The fourth-order valence-electron chi connectivity index (χ4n) is 3.44. The van der Waals surface area contributed by atoms with Gasteiger partial charge in [-0.2, -0.15) is 0 Å². The van der Waals surface area contributed by atoms with Gasteiger partial charge in [-0.1, -0.05) is 0 Å². The number of amides is 1. The molecule has 25 heavy (non-hydrogen) atoms. The molecular formula is C17H27FN6O. The van der Waals surface area contributed by atoms with Gasteiger partial charge in [-0.25, -0.2) is 14.4 Å². The van der Waals surface area contributed by atoms with E-state index in [0.29, 0.717) is 19.0 Å². The highest BCUT2D eigenvalue weighted by molar-refractivity contribution is 5.81. The van der Waals surface area contributed by atoms with Gasteiger partial charge >= 0.3 is 0 Å². The molecule has 0 spiro atoms. The zero-order valence-corrected chi connectivity index (χ0v) is 15.1. The maximum Gasteiger partial charge on any atom is 0.239 e. The number of aromatic nitrogens is 2. The van der Waals surface area contributed by atoms with Crippen LogP contribution in [0.3, 0.4) is 0 Å². The van der Waals surface area contributed by atoms with Crippen LogP contribution in [-0.4, -0.2) is 96.0 Å². The molecule has 0 N–H and O–H groups in total. The molecule has 2 fully saturated rings. The quantitative estimate of drug-likeness (QED) is 0.781. The van der Waals surface area contributed by atoms with Gasteiger partial charge in [0, 0.05) is 52.4 Å². The second-order valence-electron chi connectivity index (χ2n) is 6.88. The minimum Gasteiger partial charge on any atom is -0.340 e. The molecule has 3 rings (SSSR count). The summed E-state index contributed by atoms with van der Waals surface area (Å²) in [4.78, 5) is 29.5. The summed E-state index contributed by atoms with van der Waals surface area (Å²) in [6, 6.07) is -0.0812. The predicted molar refractivity (Wildman–Crippen MR) is 93.9 cm³/mol. The van der Waals surface area contributed by atoms with Crippen molar-refractivity contribution in [1.29, 1.82) is 0 Å². The number of carbonyl (C=O) groups is 1. The molecule has 138 valence electrons. The molecule has 1 aromatic rings. The summed E-state index contributed by atoms with van der Waals surface area (Å²) in [7, 11) is 2.12. The summed E-state index contributed by atoms with van der Waals surface area (Å²) in [5.74, 6) is 0.297. The third-order valence-corrected chi connectivity index (χ3v) is 5.14. The Bertz CT molecular complexity index is 575. The highest BCUT2D eigenvalue weighted by Crippen LogP contribution is 2.14. The highest BCUT2D eigenvalue weighted by atomic mass is 19.1. The molecule has 3 heterocycles. The number of halogens is 1. The highest BCUT2D eigenvalue weighted by Gasteiger charge is 2.29. The average molecular weight is 350 g/mol. The van der Waals surface area contributed by atoms with E-state index < -0.39 is 5.82 Å². The molecule has 1 atom stereocenters. The van der Waals surface area contributed by atoms with Gasteiger partial charge in [0.1, 0.15) is 0 Å². The van der Waals surface area contributed by atoms with E-state index in [9.17, 15) is 9.18 Å². The Morgan fingerprint density at radius 1 is 1.04 bits per heavy atom. The molecule has 1 amide bonds. The lowest BCUT2D eigenvalue weighted by Crippen LogP contribution is -2.54. The van der Waals surface area contributed by atoms with Crippen LogP contribution in [0.5, 0.6) is 0 Å². The number of nitrogens with zero attached hydrogens (tertiary/aromatic N) is 6. The molecule has 0 bridgehead atoms. The van der Waals surface area contributed by atoms with E-state index in [1.807, 2.05) is 16.7 Å². The Labute approximate surface area is 148 Å². The molecule has 2 aliphatic rings. The lowest BCUT2D eigenvalue weighted by atomic mass is 10.2. The first-order valence-electron chi connectivity index (χ1n) is 8.98. The summed E-state index contributed by atoms with van der Waals surface area (Å²) in [6.07, 6.45) is 3.24. The molecule has 2 saturated heterocycles. The van der Waals surface area contributed by atoms with Gasteiger partial charge in [-0.15, -0.1) is 0 Å². The summed E-state index contributed by atoms with van der Waals surface area (Å²) in [5.41, 5.74) is 0. The molecular weight excluding hydrogens is 323 g/mol. The zero-order chi connectivity index (χ0) is 17.8. The van der Waals surface area contributed by atoms with E-state index in [1.54, 1.807) is 0 Å². The lowest BCUT2D eigenvalue weighted by molar-refractivity contribution is -0.136. The van der Waals surface area contributed by atoms with Crippen LogP contribution in [0.15, 0.2) is 12.4 Å². The standard InChI is InChI=1S/C17H27FN6O/c1-14(22-8-6-21(2)7-9-22)16(25)23-4-3-5-24(11-10-23)17-19-12-15(18)13-20-17/h12-14H,3-11H2,1-2H3. The van der Waals surface area contributed by atoms with Gasteiger partial charge in [0.25, 0.3) is 0 Å². The van der Waals surface area contributed by atoms with Crippen LogP contribution in [0.1, 0.15) is 13.3 Å². The van der Waals surface area contributed by atoms with E-state index in [-0.39, 0.29) is 11.9 Å². The van der Waals surface area contributed by atoms with E-state index in [2.05, 4.69) is 26.8 Å². The topological polar surface area (TPSA) is 55.8 Å². The molecule has 0 aromatic carbocycles. The first-order chi connectivity index (χ1) is 12.0. The van der Waals surface area contributed by atoms with Crippen LogP contribution in [0.2, 0.25) is 0 Å². The summed E-state index contributed by atoms with van der Waals surface area (Å²) < 4.78 is 13.0. The van der Waals surface area contributed by atoms with Crippen LogP contribution >= 0.6 is 0 Å². The van der Waals surface area contributed by atoms with Gasteiger partial charge in [0.05, 0.1) is 18.4 Å². The Morgan fingerprint density at radius 2 is 1.72 bits per heavy atom. The summed E-state index contributed by atoms with van der Waals surface area (Å²) in [5, 5.41) is 0. The predicted octanol–water partition coefficient (Wildman–Crippen LogP) is 0.290. The molecule has 0 aliphatic carbocycles. The maximum atomic E-state index is 13.0. The molecule has 1 unspecified atom stereocenters. The van der Waals surface area contributed by atoms with E-state index in [0.717, 1.165) is 45.7 Å². The first kappa shape index (κ1) is 18.0. The fourth-order valence-corrected chi connectivity index (χ4v) is 3.44. The van der Waals surface area contributed by atoms with Crippen molar-refractivity contribution >= 4 is 11.9 Å². The Hall–Kier alpha value is -1.80. The van der Waals surface area contributed by atoms with Crippen LogP contribution < -0.4 is 4.90 Å². The summed E-state index contributed by atoms with van der Waals surface area (Å²) in [6.45, 7) is 8.75. The van der Waals surface area contributed by atoms with Crippen molar-refractivity contribution in [3.63, 3.8) is 0 Å². The monoisotopic (exact) mass is 350 g/mol. The van der Waals surface area contributed by atoms with Crippen molar-refractivity contribution in [3.8, 4) is 0 Å². The van der Waals surface area contributed by atoms with Gasteiger partial charge in [-0.05, 0) is 20.4 Å². The third-order valence-electron chi connectivity index (χ3n) is 5.14. The molecule has 7 nitrogen and oxygen atoms in total. The van der Waals surface area contributed by atoms with Crippen LogP contribution in [0, 0.1) is 5.82 Å². The number of likely N-dealkylation sites (N-methyl/N-ethyl adjacent to an activating group) is 1. The van der Waals surface area contributed by atoms with E-state index in [1.165, 1.54) is 12.4 Å². The van der Waals surface area contributed by atoms with Crippen LogP contribution in [-0.2, 0) is 4.79 Å². The molecule has 1 aromatic heterocycles. The Balaban J connectivity index is 1.56. The van der Waals surface area contributed by atoms with E-state index in [4.69, 9.17) is 0 Å². The molecule has 0 radical (unpaired) electrons. The molecule has 2 aliphatic heterocycles. The van der Waals surface area contributed by atoms with E-state index >= 15 is 0 Å². The van der Waals surface area contributed by atoms with Gasteiger partial charge in [0.15, 0.2) is 5.82 Å². The minimum atomic E-state index is -0.434. The SMILES string of the molecule is CC(C(=O)N1CCCN(c2ncc(F)cn2)CC1)N1CCN(C)CC1. The summed E-state index contributed by atoms with van der Waals surface area (Å²) >= 11 is 0. The molecule has 0 saturated carbocycles. The fraction of sp³-hybridized carbons (Fsp3) is 0.706. The maximum absolute atomic E-state index is 13.0. The van der Waals surface area contributed by atoms with Crippen molar-refractivity contribution in [1.82, 2.24) is 24.7 Å². The lowest BCUT2D eigenvalue weighted by Gasteiger charge is -2.37. The number of carbonyl (C=O) groups excluding carboxylic acids is 1. The average Bonchev–Trinajstić information content (AvgIpc) is 2.88. The first-order valence-corrected chi connectivity index (χ1v) is 8.98. The number of anilines is 1. The smallest absolute Gasteiger partial charge is 0.239 e. The van der Waals surface area contributed by atoms with Crippen molar-refractivity contribution in [2.45, 2.75) is 19.4 Å². The van der Waals surface area contributed by atoms with Crippen molar-refractivity contribution in [3.05, 3.63) is 18.2 Å². The van der Waals surface area contributed by atoms with Gasteiger partial charge < -0.3 is 14.7 Å². The zero-order valence-electron chi connectivity index (χ0n) is 15.1. The minimum absolute atomic E-state index is 0.0812. The number of piperazine rings is 1. The number of hydrogen-bond acceptors (Lipinski definition) is 6.